The highest BCUT2D eigenvalue weighted by Gasteiger charge is 2.13. The highest BCUT2D eigenvalue weighted by Crippen LogP contribution is 2.21. The summed E-state index contributed by atoms with van der Waals surface area (Å²) < 4.78 is 22.4. The monoisotopic (exact) mass is 421 g/mol. The Balaban J connectivity index is 1.79. The van der Waals surface area contributed by atoms with Crippen molar-refractivity contribution in [3.8, 4) is 5.75 Å². The lowest BCUT2D eigenvalue weighted by atomic mass is 10.1. The molecule has 7 heteroatoms. The SMILES string of the molecule is CCNC(=NCc1ccc(C)cc1OCCCOC)NCCCOC1CCOCC1. The van der Waals surface area contributed by atoms with Crippen LogP contribution in [0.4, 0.5) is 0 Å². The first kappa shape index (κ1) is 24.4. The normalized spacial score (nSPS) is 15.2. The summed E-state index contributed by atoms with van der Waals surface area (Å²) >= 11 is 0. The summed E-state index contributed by atoms with van der Waals surface area (Å²) in [6.07, 6.45) is 4.17. The molecule has 1 aliphatic heterocycles. The third-order valence-corrected chi connectivity index (χ3v) is 4.86. The Bertz CT molecular complexity index is 618. The Morgan fingerprint density at radius 3 is 2.73 bits per heavy atom. The van der Waals surface area contributed by atoms with E-state index >= 15 is 0 Å². The number of nitrogens with one attached hydrogen (secondary N) is 2. The van der Waals surface area contributed by atoms with Crippen LogP contribution in [0.2, 0.25) is 0 Å². The van der Waals surface area contributed by atoms with Crippen molar-refractivity contribution < 1.29 is 18.9 Å². The molecule has 0 bridgehead atoms. The summed E-state index contributed by atoms with van der Waals surface area (Å²) in [5.41, 5.74) is 2.26. The van der Waals surface area contributed by atoms with Gasteiger partial charge in [0.1, 0.15) is 5.75 Å². The van der Waals surface area contributed by atoms with E-state index in [1.165, 1.54) is 5.56 Å². The number of hydrogen-bond acceptors (Lipinski definition) is 5. The van der Waals surface area contributed by atoms with Crippen molar-refractivity contribution in [2.75, 3.05) is 53.2 Å². The van der Waals surface area contributed by atoms with E-state index in [2.05, 4.69) is 42.7 Å². The molecule has 0 aromatic heterocycles. The van der Waals surface area contributed by atoms with Crippen LogP contribution in [0.1, 0.15) is 43.7 Å². The Morgan fingerprint density at radius 2 is 1.97 bits per heavy atom. The number of methoxy groups -OCH3 is 1. The maximum atomic E-state index is 5.97. The molecule has 1 fully saturated rings. The maximum absolute atomic E-state index is 5.97. The molecule has 2 rings (SSSR count). The second-order valence-electron chi connectivity index (χ2n) is 7.46. The van der Waals surface area contributed by atoms with Gasteiger partial charge >= 0.3 is 0 Å². The lowest BCUT2D eigenvalue weighted by molar-refractivity contribution is -0.0320. The number of hydrogen-bond donors (Lipinski definition) is 2. The lowest BCUT2D eigenvalue weighted by Crippen LogP contribution is -2.38. The fraction of sp³-hybridized carbons (Fsp3) is 0.696. The molecule has 0 saturated carbocycles. The van der Waals surface area contributed by atoms with E-state index < -0.39 is 0 Å². The average Bonchev–Trinajstić information content (AvgIpc) is 2.76. The zero-order chi connectivity index (χ0) is 21.4. The minimum Gasteiger partial charge on any atom is -0.493 e. The maximum Gasteiger partial charge on any atom is 0.191 e. The first-order valence-corrected chi connectivity index (χ1v) is 11.2. The number of guanidine groups is 1. The standard InChI is InChI=1S/C23H39N3O4/c1-4-24-23(25-11-5-13-29-21-9-15-28-16-10-21)26-18-20-8-7-19(2)17-22(20)30-14-6-12-27-3/h7-8,17,21H,4-6,9-16,18H2,1-3H3,(H2,24,25,26). The summed E-state index contributed by atoms with van der Waals surface area (Å²) in [5.74, 6) is 1.71. The van der Waals surface area contributed by atoms with Gasteiger partial charge in [0.2, 0.25) is 0 Å². The van der Waals surface area contributed by atoms with Gasteiger partial charge in [-0.1, -0.05) is 12.1 Å². The van der Waals surface area contributed by atoms with Crippen LogP contribution in [0.25, 0.3) is 0 Å². The highest BCUT2D eigenvalue weighted by atomic mass is 16.5. The summed E-state index contributed by atoms with van der Waals surface area (Å²) in [6.45, 7) is 10.1. The molecule has 1 saturated heterocycles. The molecule has 0 atom stereocenters. The largest absolute Gasteiger partial charge is 0.493 e. The third kappa shape index (κ3) is 9.78. The van der Waals surface area contributed by atoms with Gasteiger partial charge in [0.25, 0.3) is 0 Å². The van der Waals surface area contributed by atoms with Gasteiger partial charge in [0.05, 0.1) is 19.3 Å². The third-order valence-electron chi connectivity index (χ3n) is 4.86. The van der Waals surface area contributed by atoms with E-state index in [1.54, 1.807) is 7.11 Å². The number of rotatable bonds is 13. The molecular formula is C23H39N3O4. The average molecular weight is 422 g/mol. The molecule has 0 radical (unpaired) electrons. The van der Waals surface area contributed by atoms with Gasteiger partial charge < -0.3 is 29.6 Å². The van der Waals surface area contributed by atoms with Crippen molar-refractivity contribution in [2.45, 2.75) is 52.2 Å². The molecule has 1 aromatic carbocycles. The molecule has 0 amide bonds. The van der Waals surface area contributed by atoms with Crippen LogP contribution >= 0.6 is 0 Å². The van der Waals surface area contributed by atoms with Gasteiger partial charge in [-0.2, -0.15) is 0 Å². The van der Waals surface area contributed by atoms with Gasteiger partial charge in [-0.15, -0.1) is 0 Å². The van der Waals surface area contributed by atoms with Crippen LogP contribution in [-0.4, -0.2) is 65.3 Å². The Hall–Kier alpha value is -1.83. The van der Waals surface area contributed by atoms with E-state index in [-0.39, 0.29) is 0 Å². The van der Waals surface area contributed by atoms with Crippen LogP contribution < -0.4 is 15.4 Å². The van der Waals surface area contributed by atoms with Gasteiger partial charge in [-0.25, -0.2) is 4.99 Å². The molecule has 7 nitrogen and oxygen atoms in total. The molecular weight excluding hydrogens is 382 g/mol. The second kappa shape index (κ2) is 15.0. The number of benzene rings is 1. The molecule has 1 aliphatic rings. The zero-order valence-corrected chi connectivity index (χ0v) is 18.9. The lowest BCUT2D eigenvalue weighted by Gasteiger charge is -2.22. The predicted octanol–water partition coefficient (Wildman–Crippen LogP) is 3.05. The van der Waals surface area contributed by atoms with Crippen molar-refractivity contribution in [2.24, 2.45) is 4.99 Å². The zero-order valence-electron chi connectivity index (χ0n) is 18.9. The van der Waals surface area contributed by atoms with E-state index in [9.17, 15) is 0 Å². The first-order valence-electron chi connectivity index (χ1n) is 11.2. The highest BCUT2D eigenvalue weighted by molar-refractivity contribution is 5.79. The number of aliphatic imine (C=N–C) groups is 1. The van der Waals surface area contributed by atoms with E-state index in [4.69, 9.17) is 23.9 Å². The Kier molecular flexibility index (Phi) is 12.3. The first-order chi connectivity index (χ1) is 14.7. The van der Waals surface area contributed by atoms with Crippen LogP contribution in [0.3, 0.4) is 0 Å². The van der Waals surface area contributed by atoms with Crippen LogP contribution in [-0.2, 0) is 20.8 Å². The molecule has 1 aromatic rings. The minimum atomic E-state index is 0.351. The van der Waals surface area contributed by atoms with Crippen molar-refractivity contribution in [3.63, 3.8) is 0 Å². The fourth-order valence-corrected chi connectivity index (χ4v) is 3.19. The quantitative estimate of drug-likeness (QED) is 0.290. The number of ether oxygens (including phenoxy) is 4. The molecule has 2 N–H and O–H groups in total. The van der Waals surface area contributed by atoms with Crippen molar-refractivity contribution in [1.82, 2.24) is 10.6 Å². The predicted molar refractivity (Wildman–Crippen MR) is 120 cm³/mol. The fourth-order valence-electron chi connectivity index (χ4n) is 3.19. The molecule has 0 aliphatic carbocycles. The Morgan fingerprint density at radius 1 is 1.13 bits per heavy atom. The van der Waals surface area contributed by atoms with Crippen LogP contribution in [0.15, 0.2) is 23.2 Å². The van der Waals surface area contributed by atoms with Crippen LogP contribution in [0, 0.1) is 6.92 Å². The summed E-state index contributed by atoms with van der Waals surface area (Å²) in [5, 5.41) is 6.70. The topological polar surface area (TPSA) is 73.3 Å². The summed E-state index contributed by atoms with van der Waals surface area (Å²) in [7, 11) is 1.71. The van der Waals surface area contributed by atoms with Crippen molar-refractivity contribution in [1.29, 1.82) is 0 Å². The van der Waals surface area contributed by atoms with Gasteiger partial charge in [-0.3, -0.25) is 0 Å². The molecule has 170 valence electrons. The van der Waals surface area contributed by atoms with E-state index in [0.717, 1.165) is 75.9 Å². The molecule has 30 heavy (non-hydrogen) atoms. The number of nitrogens with zero attached hydrogens (tertiary/aromatic N) is 1. The summed E-state index contributed by atoms with van der Waals surface area (Å²) in [6, 6.07) is 6.27. The second-order valence-corrected chi connectivity index (χ2v) is 7.46. The van der Waals surface area contributed by atoms with Crippen molar-refractivity contribution in [3.05, 3.63) is 29.3 Å². The smallest absolute Gasteiger partial charge is 0.191 e. The minimum absolute atomic E-state index is 0.351. The van der Waals surface area contributed by atoms with Crippen molar-refractivity contribution >= 4 is 5.96 Å². The Labute approximate surface area is 181 Å². The summed E-state index contributed by atoms with van der Waals surface area (Å²) in [4.78, 5) is 4.74. The van der Waals surface area contributed by atoms with Gasteiger partial charge in [0, 0.05) is 58.6 Å². The van der Waals surface area contributed by atoms with Crippen LogP contribution in [0.5, 0.6) is 5.75 Å². The molecule has 0 spiro atoms. The van der Waals surface area contributed by atoms with Gasteiger partial charge in [-0.05, 0) is 44.7 Å². The number of aryl methyl sites for hydroxylation is 1. The molecule has 0 unspecified atom stereocenters. The van der Waals surface area contributed by atoms with E-state index in [0.29, 0.717) is 25.9 Å². The van der Waals surface area contributed by atoms with Gasteiger partial charge in [0.15, 0.2) is 5.96 Å². The molecule has 1 heterocycles. The van der Waals surface area contributed by atoms with E-state index in [1.807, 2.05) is 0 Å².